The van der Waals surface area contributed by atoms with Crippen molar-refractivity contribution >= 4 is 29.9 Å². The van der Waals surface area contributed by atoms with E-state index in [4.69, 9.17) is 5.73 Å². The number of nitrogens with zero attached hydrogens (tertiary/aromatic N) is 1. The number of hydrogen-bond donors (Lipinski definition) is 2. The first-order valence-corrected chi connectivity index (χ1v) is 8.06. The highest BCUT2D eigenvalue weighted by atomic mass is 35.5. The van der Waals surface area contributed by atoms with Gasteiger partial charge in [0.15, 0.2) is 0 Å². The van der Waals surface area contributed by atoms with Crippen LogP contribution >= 0.6 is 12.4 Å². The number of carbonyl (C=O) groups excluding carboxylic acids is 2. The van der Waals surface area contributed by atoms with Crippen molar-refractivity contribution in [1.29, 1.82) is 0 Å². The van der Waals surface area contributed by atoms with Gasteiger partial charge in [-0.1, -0.05) is 26.0 Å². The first kappa shape index (κ1) is 20.4. The molecule has 3 N–H and O–H groups in total. The van der Waals surface area contributed by atoms with Crippen LogP contribution in [0, 0.1) is 11.2 Å². The van der Waals surface area contributed by atoms with Crippen LogP contribution < -0.4 is 16.0 Å². The molecule has 1 unspecified atom stereocenters. The summed E-state index contributed by atoms with van der Waals surface area (Å²) in [5.74, 6) is -0.911. The first-order valence-electron chi connectivity index (χ1n) is 8.06. The molecule has 1 aliphatic heterocycles. The van der Waals surface area contributed by atoms with E-state index in [-0.39, 0.29) is 36.5 Å². The van der Waals surface area contributed by atoms with Crippen molar-refractivity contribution in [2.24, 2.45) is 11.1 Å². The van der Waals surface area contributed by atoms with Crippen LogP contribution in [0.25, 0.3) is 0 Å². The van der Waals surface area contributed by atoms with Crippen molar-refractivity contribution < 1.29 is 14.0 Å². The summed E-state index contributed by atoms with van der Waals surface area (Å²) in [6, 6.07) is 5.54. The normalized spacial score (nSPS) is 17.6. The number of anilines is 1. The lowest BCUT2D eigenvalue weighted by atomic mass is 9.81. The zero-order chi connectivity index (χ0) is 17.0. The maximum Gasteiger partial charge on any atom is 0.249 e. The maximum atomic E-state index is 13.9. The van der Waals surface area contributed by atoms with E-state index >= 15 is 0 Å². The van der Waals surface area contributed by atoms with Gasteiger partial charge in [0.2, 0.25) is 11.8 Å². The average Bonchev–Trinajstić information content (AvgIpc) is 2.91. The lowest BCUT2D eigenvalue weighted by Gasteiger charge is -2.29. The van der Waals surface area contributed by atoms with Gasteiger partial charge in [-0.2, -0.15) is 0 Å². The van der Waals surface area contributed by atoms with Crippen molar-refractivity contribution in [1.82, 2.24) is 5.32 Å². The zero-order valence-corrected chi connectivity index (χ0v) is 14.9. The molecule has 0 radical (unpaired) electrons. The van der Waals surface area contributed by atoms with E-state index in [9.17, 15) is 14.0 Å². The number of para-hydroxylation sites is 1. The highest BCUT2D eigenvalue weighted by Gasteiger charge is 2.39. The smallest absolute Gasteiger partial charge is 0.249 e. The number of halogens is 2. The molecular formula is C17H25ClFN3O2. The van der Waals surface area contributed by atoms with Crippen LogP contribution in [0.3, 0.4) is 0 Å². The molecule has 1 aromatic rings. The molecule has 0 aromatic heterocycles. The molecule has 5 nitrogen and oxygen atoms in total. The summed E-state index contributed by atoms with van der Waals surface area (Å²) >= 11 is 0. The molecule has 2 amide bonds. The fourth-order valence-corrected chi connectivity index (χ4v) is 2.99. The minimum Gasteiger partial charge on any atom is -0.344 e. The van der Waals surface area contributed by atoms with E-state index in [1.54, 1.807) is 18.2 Å². The Morgan fingerprint density at radius 2 is 2.00 bits per heavy atom. The number of amides is 2. The van der Waals surface area contributed by atoms with E-state index < -0.39 is 17.3 Å². The van der Waals surface area contributed by atoms with E-state index in [0.717, 1.165) is 0 Å². The molecule has 0 bridgehead atoms. The topological polar surface area (TPSA) is 75.4 Å². The van der Waals surface area contributed by atoms with E-state index in [0.29, 0.717) is 25.8 Å². The summed E-state index contributed by atoms with van der Waals surface area (Å²) in [5.41, 5.74) is 5.38. The third-order valence-corrected chi connectivity index (χ3v) is 4.88. The predicted molar refractivity (Wildman–Crippen MR) is 94.6 cm³/mol. The van der Waals surface area contributed by atoms with E-state index in [1.807, 2.05) is 13.8 Å². The number of hydrogen-bond acceptors (Lipinski definition) is 3. The second kappa shape index (κ2) is 8.44. The fraction of sp³-hybridized carbons (Fsp3) is 0.529. The molecular weight excluding hydrogens is 333 g/mol. The summed E-state index contributed by atoms with van der Waals surface area (Å²) in [4.78, 5) is 26.4. The predicted octanol–water partition coefficient (Wildman–Crippen LogP) is 2.23. The van der Waals surface area contributed by atoms with Gasteiger partial charge < -0.3 is 16.0 Å². The van der Waals surface area contributed by atoms with Crippen LogP contribution in [0.5, 0.6) is 0 Å². The van der Waals surface area contributed by atoms with Crippen molar-refractivity contribution in [2.75, 3.05) is 18.0 Å². The molecule has 0 saturated carbocycles. The lowest BCUT2D eigenvalue weighted by molar-refractivity contribution is -0.134. The number of nitrogens with two attached hydrogens (primary N) is 1. The molecule has 1 saturated heterocycles. The van der Waals surface area contributed by atoms with Crippen LogP contribution in [0.2, 0.25) is 0 Å². The van der Waals surface area contributed by atoms with Crippen LogP contribution in [-0.4, -0.2) is 30.9 Å². The summed E-state index contributed by atoms with van der Waals surface area (Å²) in [7, 11) is 0. The Bertz CT molecular complexity index is 585. The molecule has 1 aliphatic rings. The minimum absolute atomic E-state index is 0. The molecule has 1 fully saturated rings. The van der Waals surface area contributed by atoms with Crippen LogP contribution in [0.1, 0.15) is 33.1 Å². The minimum atomic E-state index is -0.647. The van der Waals surface area contributed by atoms with Crippen molar-refractivity contribution in [3.05, 3.63) is 30.1 Å². The molecule has 1 atom stereocenters. The van der Waals surface area contributed by atoms with E-state index in [2.05, 4.69) is 5.32 Å². The van der Waals surface area contributed by atoms with Crippen molar-refractivity contribution in [3.8, 4) is 0 Å². The van der Waals surface area contributed by atoms with Gasteiger partial charge in [0.05, 0.1) is 11.1 Å². The highest BCUT2D eigenvalue weighted by Crippen LogP contribution is 2.28. The third kappa shape index (κ3) is 3.70. The van der Waals surface area contributed by atoms with Gasteiger partial charge in [-0.25, -0.2) is 4.39 Å². The van der Waals surface area contributed by atoms with Crippen LogP contribution in [0.4, 0.5) is 10.1 Å². The Morgan fingerprint density at radius 3 is 2.54 bits per heavy atom. The van der Waals surface area contributed by atoms with Crippen LogP contribution in [0.15, 0.2) is 24.3 Å². The molecule has 0 spiro atoms. The van der Waals surface area contributed by atoms with Gasteiger partial charge in [0.1, 0.15) is 11.9 Å². The van der Waals surface area contributed by atoms with Gasteiger partial charge in [0, 0.05) is 13.1 Å². The number of benzene rings is 1. The Kier molecular flexibility index (Phi) is 7.17. The Hall–Kier alpha value is -1.66. The highest BCUT2D eigenvalue weighted by molar-refractivity contribution is 6.01. The molecule has 1 aromatic carbocycles. The van der Waals surface area contributed by atoms with E-state index in [1.165, 1.54) is 11.0 Å². The van der Waals surface area contributed by atoms with Gasteiger partial charge in [0.25, 0.3) is 0 Å². The van der Waals surface area contributed by atoms with Gasteiger partial charge in [-0.05, 0) is 31.4 Å². The summed E-state index contributed by atoms with van der Waals surface area (Å²) < 4.78 is 13.9. The number of rotatable bonds is 6. The molecule has 134 valence electrons. The van der Waals surface area contributed by atoms with Crippen molar-refractivity contribution in [3.63, 3.8) is 0 Å². The zero-order valence-electron chi connectivity index (χ0n) is 14.0. The lowest BCUT2D eigenvalue weighted by Crippen LogP contribution is -2.51. The number of carbonyl (C=O) groups is 2. The Balaban J connectivity index is 0.00000288. The molecule has 0 aliphatic carbocycles. The van der Waals surface area contributed by atoms with Crippen molar-refractivity contribution in [2.45, 2.75) is 39.2 Å². The molecule has 1 heterocycles. The Morgan fingerprint density at radius 1 is 1.38 bits per heavy atom. The average molecular weight is 358 g/mol. The van der Waals surface area contributed by atoms with Gasteiger partial charge in [-0.15, -0.1) is 12.4 Å². The standard InChI is InChI=1S/C17H24FN3O2.ClH/c1-3-17(4-2,11-19)16(23)20-13-9-10-21(15(13)22)14-8-6-5-7-12(14)18;/h5-8,13H,3-4,9-11,19H2,1-2H3,(H,20,23);1H. The maximum absolute atomic E-state index is 13.9. The largest absolute Gasteiger partial charge is 0.344 e. The summed E-state index contributed by atoms with van der Waals surface area (Å²) in [5, 5.41) is 2.81. The quantitative estimate of drug-likeness (QED) is 0.819. The summed E-state index contributed by atoms with van der Waals surface area (Å²) in [6.07, 6.45) is 1.69. The monoisotopic (exact) mass is 357 g/mol. The van der Waals surface area contributed by atoms with Gasteiger partial charge >= 0.3 is 0 Å². The first-order chi connectivity index (χ1) is 11.0. The molecule has 7 heteroatoms. The molecule has 2 rings (SSSR count). The van der Waals surface area contributed by atoms with Gasteiger partial charge in [-0.3, -0.25) is 9.59 Å². The molecule has 24 heavy (non-hydrogen) atoms. The fourth-order valence-electron chi connectivity index (χ4n) is 2.99. The Labute approximate surface area is 148 Å². The van der Waals surface area contributed by atoms with Crippen LogP contribution in [-0.2, 0) is 9.59 Å². The second-order valence-corrected chi connectivity index (χ2v) is 5.95. The number of nitrogens with one attached hydrogen (secondary N) is 1. The third-order valence-electron chi connectivity index (χ3n) is 4.88. The second-order valence-electron chi connectivity index (χ2n) is 5.95. The summed E-state index contributed by atoms with van der Waals surface area (Å²) in [6.45, 7) is 4.46. The SMILES string of the molecule is CCC(CC)(CN)C(=O)NC1CCN(c2ccccc2F)C1=O.Cl.